The van der Waals surface area contributed by atoms with Crippen LogP contribution in [-0.4, -0.2) is 19.6 Å². The van der Waals surface area contributed by atoms with Crippen molar-refractivity contribution in [1.82, 2.24) is 0 Å². The van der Waals surface area contributed by atoms with E-state index < -0.39 is 19.3 Å². The number of carbonyl (C=O) groups is 1. The van der Waals surface area contributed by atoms with E-state index in [-0.39, 0.29) is 13.2 Å². The predicted molar refractivity (Wildman–Crippen MR) is 148 cm³/mol. The topological polar surface area (TPSA) is 65.1 Å². The van der Waals surface area contributed by atoms with Gasteiger partial charge in [0.1, 0.15) is 0 Å². The molecule has 38 heavy (non-hydrogen) atoms. The van der Waals surface area contributed by atoms with Crippen molar-refractivity contribution >= 4 is 19.3 Å². The van der Waals surface area contributed by atoms with Gasteiger partial charge in [0.15, 0.2) is 5.78 Å². The van der Waals surface area contributed by atoms with Crippen LogP contribution in [0.4, 0.5) is 5.69 Å². The average molecular weight is 528 g/mol. The van der Waals surface area contributed by atoms with Crippen LogP contribution in [0.2, 0.25) is 0 Å². The molecule has 7 heteroatoms. The Morgan fingerprint density at radius 1 is 0.789 bits per heavy atom. The number of anilines is 1. The molecule has 194 valence electrons. The van der Waals surface area contributed by atoms with Crippen LogP contribution in [0.1, 0.15) is 38.4 Å². The minimum Gasteiger partial charge on any atom is -0.465 e. The number of methoxy groups -OCH3 is 1. The molecular formula is C31H30NO5P. The van der Waals surface area contributed by atoms with Crippen LogP contribution in [0, 0.1) is 0 Å². The first-order valence-electron chi connectivity index (χ1n) is 12.6. The highest BCUT2D eigenvalue weighted by Crippen LogP contribution is 2.65. The quantitative estimate of drug-likeness (QED) is 0.170. The third-order valence-electron chi connectivity index (χ3n) is 6.68. The van der Waals surface area contributed by atoms with E-state index in [2.05, 4.69) is 11.0 Å². The summed E-state index contributed by atoms with van der Waals surface area (Å²) in [7, 11) is -2.42. The number of fused-ring (bicyclic) bond motifs is 1. The zero-order chi connectivity index (χ0) is 26.4. The van der Waals surface area contributed by atoms with Gasteiger partial charge in [0.2, 0.25) is 0 Å². The number of hydrogen-bond donors (Lipinski definition) is 0. The lowest BCUT2D eigenvalue weighted by Gasteiger charge is -2.41. The third kappa shape index (κ3) is 5.73. The second kappa shape index (κ2) is 11.8. The number of carbonyl (C=O) groups excluding carboxylic acids is 1. The molecule has 5 rings (SSSR count). The lowest BCUT2D eigenvalue weighted by molar-refractivity contribution is 0.0600. The number of nitrogens with zero attached hydrogens (tertiary/aromatic N) is 1. The lowest BCUT2D eigenvalue weighted by atomic mass is 9.99. The summed E-state index contributed by atoms with van der Waals surface area (Å²) in [5.74, 6) is -1.07. The third-order valence-corrected chi connectivity index (χ3v) is 8.81. The van der Waals surface area contributed by atoms with Gasteiger partial charge in [-0.05, 0) is 52.9 Å². The first kappa shape index (κ1) is 25.9. The van der Waals surface area contributed by atoms with E-state index in [1.807, 2.05) is 91.0 Å². The minimum absolute atomic E-state index is 0.153. The molecule has 0 spiro atoms. The van der Waals surface area contributed by atoms with E-state index in [0.29, 0.717) is 12.1 Å². The first-order valence-corrected chi connectivity index (χ1v) is 14.2. The van der Waals surface area contributed by atoms with E-state index in [9.17, 15) is 9.36 Å². The summed E-state index contributed by atoms with van der Waals surface area (Å²) < 4.78 is 32.3. The summed E-state index contributed by atoms with van der Waals surface area (Å²) in [6.07, 6.45) is 0.781. The van der Waals surface area contributed by atoms with E-state index in [1.165, 1.54) is 7.11 Å². The summed E-state index contributed by atoms with van der Waals surface area (Å²) in [5, 5.41) is 0. The number of rotatable bonds is 9. The summed E-state index contributed by atoms with van der Waals surface area (Å²) >= 11 is 0. The van der Waals surface area contributed by atoms with Crippen LogP contribution in [0.15, 0.2) is 109 Å². The van der Waals surface area contributed by atoms with Gasteiger partial charge in [-0.1, -0.05) is 84.9 Å². The van der Waals surface area contributed by atoms with E-state index in [4.69, 9.17) is 13.8 Å². The molecule has 1 aliphatic rings. The van der Waals surface area contributed by atoms with E-state index >= 15 is 0 Å². The van der Waals surface area contributed by atoms with Crippen LogP contribution >= 0.6 is 7.60 Å². The molecule has 0 radical (unpaired) electrons. The van der Waals surface area contributed by atoms with Crippen molar-refractivity contribution in [2.45, 2.75) is 25.4 Å². The van der Waals surface area contributed by atoms with Gasteiger partial charge in [-0.15, -0.1) is 0 Å². The SMILES string of the molecule is COC(=O)c1ccc(N2CCc3ccccc3C2P(=O)(OCc2ccccc2)OCc2ccccc2)cc1. The Hall–Kier alpha value is -3.70. The molecule has 0 aromatic heterocycles. The second-order valence-electron chi connectivity index (χ2n) is 9.11. The summed E-state index contributed by atoms with van der Waals surface area (Å²) in [4.78, 5) is 14.1. The molecule has 4 aromatic rings. The van der Waals surface area contributed by atoms with Gasteiger partial charge < -0.3 is 18.7 Å². The number of benzene rings is 4. The molecule has 0 saturated carbocycles. The molecule has 0 N–H and O–H groups in total. The molecule has 0 aliphatic carbocycles. The second-order valence-corrected chi connectivity index (χ2v) is 11.2. The summed E-state index contributed by atoms with van der Waals surface area (Å²) in [6, 6.07) is 34.5. The molecule has 1 unspecified atom stereocenters. The normalized spacial score (nSPS) is 15.1. The van der Waals surface area contributed by atoms with Gasteiger partial charge in [-0.3, -0.25) is 4.57 Å². The van der Waals surface area contributed by atoms with Crippen molar-refractivity contribution in [3.63, 3.8) is 0 Å². The van der Waals surface area contributed by atoms with Gasteiger partial charge in [-0.25, -0.2) is 4.79 Å². The van der Waals surface area contributed by atoms with Gasteiger partial charge >= 0.3 is 13.6 Å². The molecule has 0 bridgehead atoms. The molecular weight excluding hydrogens is 497 g/mol. The standard InChI is InChI=1S/C31H30NO5P/c1-35-31(33)27-16-18-28(19-17-27)32-21-20-26-14-8-9-15-29(26)30(32)38(34,36-22-24-10-4-2-5-11-24)37-23-25-12-6-3-7-13-25/h2-19,30H,20-23H2,1H3. The first-order chi connectivity index (χ1) is 18.6. The van der Waals surface area contributed by atoms with Crippen LogP contribution in [-0.2, 0) is 38.0 Å². The fraction of sp³-hybridized carbons (Fsp3) is 0.194. The molecule has 0 amide bonds. The zero-order valence-corrected chi connectivity index (χ0v) is 22.1. The van der Waals surface area contributed by atoms with Crippen LogP contribution in [0.25, 0.3) is 0 Å². The maximum absolute atomic E-state index is 14.9. The van der Waals surface area contributed by atoms with Crippen LogP contribution in [0.3, 0.4) is 0 Å². The van der Waals surface area contributed by atoms with Crippen molar-refractivity contribution in [1.29, 1.82) is 0 Å². The highest BCUT2D eigenvalue weighted by molar-refractivity contribution is 7.54. The number of esters is 1. The minimum atomic E-state index is -3.78. The lowest BCUT2D eigenvalue weighted by Crippen LogP contribution is -2.36. The number of hydrogen-bond acceptors (Lipinski definition) is 6. The van der Waals surface area contributed by atoms with Crippen molar-refractivity contribution < 1.29 is 23.1 Å². The number of ether oxygens (including phenoxy) is 1. The van der Waals surface area contributed by atoms with Crippen molar-refractivity contribution in [3.05, 3.63) is 137 Å². The Bertz CT molecular complexity index is 1360. The summed E-state index contributed by atoms with van der Waals surface area (Å²) in [6.45, 7) is 0.925. The van der Waals surface area contributed by atoms with Gasteiger partial charge in [-0.2, -0.15) is 0 Å². The van der Waals surface area contributed by atoms with Crippen molar-refractivity contribution in [2.75, 3.05) is 18.6 Å². The molecule has 6 nitrogen and oxygen atoms in total. The Morgan fingerprint density at radius 3 is 1.92 bits per heavy atom. The van der Waals surface area contributed by atoms with E-state index in [1.54, 1.807) is 12.1 Å². The Balaban J connectivity index is 1.54. The Labute approximate surface area is 223 Å². The highest BCUT2D eigenvalue weighted by Gasteiger charge is 2.45. The molecule has 4 aromatic carbocycles. The molecule has 0 saturated heterocycles. The van der Waals surface area contributed by atoms with E-state index in [0.717, 1.165) is 34.4 Å². The highest BCUT2D eigenvalue weighted by atomic mass is 31.2. The zero-order valence-electron chi connectivity index (χ0n) is 21.2. The van der Waals surface area contributed by atoms with Crippen LogP contribution < -0.4 is 4.90 Å². The molecule has 0 fully saturated rings. The average Bonchev–Trinajstić information content (AvgIpc) is 2.99. The van der Waals surface area contributed by atoms with Crippen LogP contribution in [0.5, 0.6) is 0 Å². The van der Waals surface area contributed by atoms with Gasteiger partial charge in [0.05, 0.1) is 25.9 Å². The maximum atomic E-state index is 14.9. The van der Waals surface area contributed by atoms with Crippen molar-refractivity contribution in [2.24, 2.45) is 0 Å². The largest absolute Gasteiger partial charge is 0.465 e. The van der Waals surface area contributed by atoms with Crippen molar-refractivity contribution in [3.8, 4) is 0 Å². The fourth-order valence-electron chi connectivity index (χ4n) is 4.72. The summed E-state index contributed by atoms with van der Waals surface area (Å²) in [5.41, 5.74) is 5.13. The van der Waals surface area contributed by atoms with Gasteiger partial charge in [0, 0.05) is 12.2 Å². The maximum Gasteiger partial charge on any atom is 0.358 e. The predicted octanol–water partition coefficient (Wildman–Crippen LogP) is 7.16. The molecule has 1 atom stereocenters. The Morgan fingerprint density at radius 2 is 1.34 bits per heavy atom. The Kier molecular flexibility index (Phi) is 8.04. The monoisotopic (exact) mass is 527 g/mol. The fourth-order valence-corrected chi connectivity index (χ4v) is 6.92. The van der Waals surface area contributed by atoms with Gasteiger partial charge in [0.25, 0.3) is 0 Å². The molecule has 1 heterocycles. The molecule has 1 aliphatic heterocycles. The smallest absolute Gasteiger partial charge is 0.358 e.